The topological polar surface area (TPSA) is 27.7 Å². The molecule has 0 spiro atoms. The van der Waals surface area contributed by atoms with Crippen LogP contribution in [0.2, 0.25) is 0 Å². The molecule has 2 aromatic rings. The van der Waals surface area contributed by atoms with E-state index in [0.717, 1.165) is 11.1 Å². The van der Waals surface area contributed by atoms with Crippen molar-refractivity contribution >= 4 is 0 Å². The molecule has 1 heterocycles. The zero-order valence-electron chi connectivity index (χ0n) is 11.3. The first kappa shape index (κ1) is 13.3. The summed E-state index contributed by atoms with van der Waals surface area (Å²) in [5.74, 6) is 0. The molecule has 0 atom stereocenters. The second kappa shape index (κ2) is 6.66. The second-order valence-corrected chi connectivity index (χ2v) is 4.83. The monoisotopic (exact) mass is 270 g/mol. The Labute approximate surface area is 119 Å². The van der Waals surface area contributed by atoms with Gasteiger partial charge in [-0.3, -0.25) is 0 Å². The molecule has 0 saturated carbocycles. The van der Waals surface area contributed by atoms with Crippen molar-refractivity contribution in [3.63, 3.8) is 0 Å². The van der Waals surface area contributed by atoms with Gasteiger partial charge in [-0.15, -0.1) is 0 Å². The number of hydrogen-bond donors (Lipinski definition) is 0. The Morgan fingerprint density at radius 2 is 1.45 bits per heavy atom. The first-order valence-corrected chi connectivity index (χ1v) is 6.85. The fourth-order valence-electron chi connectivity index (χ4n) is 2.17. The van der Waals surface area contributed by atoms with Crippen LogP contribution in [-0.4, -0.2) is 19.3 Å². The summed E-state index contributed by atoms with van der Waals surface area (Å²) in [5, 5.41) is 0. The summed E-state index contributed by atoms with van der Waals surface area (Å²) in [6.07, 6.45) is -0.275. The molecule has 0 aromatic heterocycles. The van der Waals surface area contributed by atoms with Crippen LogP contribution in [0.4, 0.5) is 0 Å². The third-order valence-electron chi connectivity index (χ3n) is 3.27. The average Bonchev–Trinajstić information content (AvgIpc) is 2.55. The summed E-state index contributed by atoms with van der Waals surface area (Å²) >= 11 is 0. The molecule has 1 aliphatic heterocycles. The lowest BCUT2D eigenvalue weighted by Gasteiger charge is -2.29. The van der Waals surface area contributed by atoms with Gasteiger partial charge >= 0.3 is 0 Å². The van der Waals surface area contributed by atoms with Crippen molar-refractivity contribution in [1.82, 2.24) is 0 Å². The standard InChI is InChI=1S/C17H18O3/c1-3-7-14(8-4-1)11-18-16-12-19-17(20-13-16)15-9-5-2-6-10-15/h1-10,16-17H,11-13H2. The Hall–Kier alpha value is -1.68. The Balaban J connectivity index is 1.47. The predicted molar refractivity (Wildman–Crippen MR) is 76.1 cm³/mol. The van der Waals surface area contributed by atoms with E-state index in [0.29, 0.717) is 19.8 Å². The normalized spacial score (nSPS) is 22.6. The molecule has 3 heteroatoms. The first-order chi connectivity index (χ1) is 9.92. The maximum Gasteiger partial charge on any atom is 0.184 e. The predicted octanol–water partition coefficient (Wildman–Crippen LogP) is 3.32. The summed E-state index contributed by atoms with van der Waals surface area (Å²) in [6, 6.07) is 20.1. The summed E-state index contributed by atoms with van der Waals surface area (Å²) in [6.45, 7) is 1.72. The minimum absolute atomic E-state index is 0.00447. The van der Waals surface area contributed by atoms with Crippen LogP contribution < -0.4 is 0 Å². The van der Waals surface area contributed by atoms with Gasteiger partial charge in [0, 0.05) is 5.56 Å². The minimum atomic E-state index is -0.271. The number of hydrogen-bond acceptors (Lipinski definition) is 3. The van der Waals surface area contributed by atoms with Crippen molar-refractivity contribution in [3.8, 4) is 0 Å². The minimum Gasteiger partial charge on any atom is -0.369 e. The van der Waals surface area contributed by atoms with Crippen LogP contribution in [0.1, 0.15) is 17.4 Å². The Kier molecular flexibility index (Phi) is 4.43. The molecule has 3 nitrogen and oxygen atoms in total. The zero-order chi connectivity index (χ0) is 13.6. The molecule has 0 radical (unpaired) electrons. The summed E-state index contributed by atoms with van der Waals surface area (Å²) < 4.78 is 17.2. The fourth-order valence-corrected chi connectivity index (χ4v) is 2.17. The molecule has 3 rings (SSSR count). The van der Waals surface area contributed by atoms with Crippen LogP contribution in [-0.2, 0) is 20.8 Å². The average molecular weight is 270 g/mol. The molecule has 0 aliphatic carbocycles. The molecule has 104 valence electrons. The molecule has 20 heavy (non-hydrogen) atoms. The lowest BCUT2D eigenvalue weighted by molar-refractivity contribution is -0.232. The Bertz CT molecular complexity index is 504. The third kappa shape index (κ3) is 3.45. The molecule has 1 aliphatic rings. The number of benzene rings is 2. The van der Waals surface area contributed by atoms with Gasteiger partial charge in [-0.1, -0.05) is 60.7 Å². The summed E-state index contributed by atoms with van der Waals surface area (Å²) in [5.41, 5.74) is 2.21. The molecule has 1 saturated heterocycles. The van der Waals surface area contributed by atoms with Gasteiger partial charge in [0.2, 0.25) is 0 Å². The SMILES string of the molecule is c1ccc(COC2COC(c3ccccc3)OC2)cc1. The van der Waals surface area contributed by atoms with Crippen molar-refractivity contribution in [2.45, 2.75) is 19.0 Å². The molecule has 0 unspecified atom stereocenters. The highest BCUT2D eigenvalue weighted by atomic mass is 16.7. The van der Waals surface area contributed by atoms with Gasteiger partial charge in [0.1, 0.15) is 6.10 Å². The van der Waals surface area contributed by atoms with E-state index in [-0.39, 0.29) is 12.4 Å². The van der Waals surface area contributed by atoms with Crippen molar-refractivity contribution in [2.75, 3.05) is 13.2 Å². The Morgan fingerprint density at radius 3 is 2.10 bits per heavy atom. The van der Waals surface area contributed by atoms with Crippen LogP contribution in [0.5, 0.6) is 0 Å². The molecule has 1 fully saturated rings. The van der Waals surface area contributed by atoms with E-state index < -0.39 is 0 Å². The van der Waals surface area contributed by atoms with Crippen LogP contribution in [0.25, 0.3) is 0 Å². The van der Waals surface area contributed by atoms with Crippen molar-refractivity contribution < 1.29 is 14.2 Å². The van der Waals surface area contributed by atoms with Crippen molar-refractivity contribution in [1.29, 1.82) is 0 Å². The van der Waals surface area contributed by atoms with Crippen molar-refractivity contribution in [2.24, 2.45) is 0 Å². The van der Waals surface area contributed by atoms with Crippen molar-refractivity contribution in [3.05, 3.63) is 71.8 Å². The summed E-state index contributed by atoms with van der Waals surface area (Å²) in [7, 11) is 0. The van der Waals surface area contributed by atoms with Gasteiger partial charge in [0.15, 0.2) is 6.29 Å². The van der Waals surface area contributed by atoms with E-state index in [4.69, 9.17) is 14.2 Å². The van der Waals surface area contributed by atoms with Gasteiger partial charge in [-0.2, -0.15) is 0 Å². The first-order valence-electron chi connectivity index (χ1n) is 6.85. The van der Waals surface area contributed by atoms with Gasteiger partial charge in [0.05, 0.1) is 19.8 Å². The highest BCUT2D eigenvalue weighted by Crippen LogP contribution is 2.23. The van der Waals surface area contributed by atoms with Crippen LogP contribution in [0, 0.1) is 0 Å². The molecule has 0 N–H and O–H groups in total. The highest BCUT2D eigenvalue weighted by Gasteiger charge is 2.23. The highest BCUT2D eigenvalue weighted by molar-refractivity contribution is 5.16. The maximum atomic E-state index is 5.80. The lowest BCUT2D eigenvalue weighted by atomic mass is 10.2. The van der Waals surface area contributed by atoms with Crippen LogP contribution >= 0.6 is 0 Å². The smallest absolute Gasteiger partial charge is 0.184 e. The summed E-state index contributed by atoms with van der Waals surface area (Å²) in [4.78, 5) is 0. The van der Waals surface area contributed by atoms with Crippen LogP contribution in [0.15, 0.2) is 60.7 Å². The number of ether oxygens (including phenoxy) is 3. The quantitative estimate of drug-likeness (QED) is 0.853. The van der Waals surface area contributed by atoms with Gasteiger partial charge < -0.3 is 14.2 Å². The third-order valence-corrected chi connectivity index (χ3v) is 3.27. The maximum absolute atomic E-state index is 5.80. The molecular formula is C17H18O3. The molecule has 0 bridgehead atoms. The molecule has 0 amide bonds. The van der Waals surface area contributed by atoms with E-state index in [1.165, 1.54) is 0 Å². The van der Waals surface area contributed by atoms with Crippen LogP contribution in [0.3, 0.4) is 0 Å². The van der Waals surface area contributed by atoms with E-state index in [1.54, 1.807) is 0 Å². The zero-order valence-corrected chi connectivity index (χ0v) is 11.3. The second-order valence-electron chi connectivity index (χ2n) is 4.83. The Morgan fingerprint density at radius 1 is 0.850 bits per heavy atom. The van der Waals surface area contributed by atoms with Gasteiger partial charge in [0.25, 0.3) is 0 Å². The number of rotatable bonds is 4. The molecule has 2 aromatic carbocycles. The van der Waals surface area contributed by atoms with E-state index >= 15 is 0 Å². The fraction of sp³-hybridized carbons (Fsp3) is 0.294. The van der Waals surface area contributed by atoms with Gasteiger partial charge in [-0.05, 0) is 5.56 Å². The van der Waals surface area contributed by atoms with Gasteiger partial charge in [-0.25, -0.2) is 0 Å². The largest absolute Gasteiger partial charge is 0.369 e. The lowest BCUT2D eigenvalue weighted by Crippen LogP contribution is -2.33. The van der Waals surface area contributed by atoms with E-state index in [9.17, 15) is 0 Å². The van der Waals surface area contributed by atoms with E-state index in [2.05, 4.69) is 12.1 Å². The molecular weight excluding hydrogens is 252 g/mol. The van der Waals surface area contributed by atoms with E-state index in [1.807, 2.05) is 48.5 Å².